The summed E-state index contributed by atoms with van der Waals surface area (Å²) in [7, 11) is 1.38. The lowest BCUT2D eigenvalue weighted by molar-refractivity contribution is -0.117. The van der Waals surface area contributed by atoms with Gasteiger partial charge in [-0.05, 0) is 12.1 Å². The molecule has 1 heterocycles. The van der Waals surface area contributed by atoms with E-state index in [1.165, 1.54) is 31.1 Å². The molecule has 0 aromatic heterocycles. The number of thioether (sulfide) groups is 1. The predicted molar refractivity (Wildman–Crippen MR) is 72.0 cm³/mol. The van der Waals surface area contributed by atoms with E-state index in [9.17, 15) is 14.0 Å². The molecule has 1 aliphatic heterocycles. The van der Waals surface area contributed by atoms with Crippen molar-refractivity contribution in [2.24, 2.45) is 0 Å². The highest BCUT2D eigenvalue weighted by Gasteiger charge is 2.33. The van der Waals surface area contributed by atoms with Crippen LogP contribution in [-0.4, -0.2) is 29.9 Å². The molecule has 1 aliphatic rings. The molecule has 1 atom stereocenters. The molecule has 1 fully saturated rings. The molecule has 1 aromatic carbocycles. The van der Waals surface area contributed by atoms with Crippen LogP contribution in [0.4, 0.5) is 10.1 Å². The van der Waals surface area contributed by atoms with Gasteiger partial charge < -0.3 is 9.64 Å². The van der Waals surface area contributed by atoms with Gasteiger partial charge in [0.2, 0.25) is 5.91 Å². The predicted octanol–water partition coefficient (Wildman–Crippen LogP) is 2.22. The van der Waals surface area contributed by atoms with E-state index in [-0.39, 0.29) is 34.1 Å². The monoisotopic (exact) mass is 283 g/mol. The van der Waals surface area contributed by atoms with E-state index >= 15 is 0 Å². The summed E-state index contributed by atoms with van der Waals surface area (Å²) in [6.45, 7) is 1.80. The molecule has 0 aliphatic carbocycles. The summed E-state index contributed by atoms with van der Waals surface area (Å²) in [6, 6.07) is 4.67. The third kappa shape index (κ3) is 2.89. The molecule has 0 saturated carbocycles. The number of carbonyl (C=O) groups excluding carboxylic acids is 2. The first kappa shape index (κ1) is 13.9. The molecular formula is C13H14FNO3S. The normalized spacial score (nSPS) is 18.8. The van der Waals surface area contributed by atoms with Gasteiger partial charge in [-0.15, -0.1) is 0 Å². The Kier molecular flexibility index (Phi) is 4.09. The topological polar surface area (TPSA) is 46.6 Å². The van der Waals surface area contributed by atoms with Gasteiger partial charge in [0.15, 0.2) is 16.7 Å². The van der Waals surface area contributed by atoms with E-state index in [0.717, 1.165) is 11.8 Å². The second kappa shape index (κ2) is 5.61. The van der Waals surface area contributed by atoms with E-state index in [4.69, 9.17) is 4.74 Å². The Hall–Kier alpha value is -1.56. The van der Waals surface area contributed by atoms with E-state index in [2.05, 4.69) is 0 Å². The summed E-state index contributed by atoms with van der Waals surface area (Å²) < 4.78 is 19.0. The second-order valence-electron chi connectivity index (χ2n) is 4.23. The Balaban J connectivity index is 2.23. The van der Waals surface area contributed by atoms with E-state index < -0.39 is 5.82 Å². The third-order valence-corrected chi connectivity index (χ3v) is 3.86. The molecule has 6 heteroatoms. The summed E-state index contributed by atoms with van der Waals surface area (Å²) in [4.78, 5) is 24.3. The zero-order valence-corrected chi connectivity index (χ0v) is 11.5. The lowest BCUT2D eigenvalue weighted by Gasteiger charge is -2.18. The fraction of sp³-hybridized carbons (Fsp3) is 0.385. The Bertz CT molecular complexity index is 521. The minimum absolute atomic E-state index is 0.0363. The van der Waals surface area contributed by atoms with Crippen molar-refractivity contribution in [3.63, 3.8) is 0 Å². The number of hydrogen-bond donors (Lipinski definition) is 0. The smallest absolute Gasteiger partial charge is 0.228 e. The number of rotatable bonds is 3. The fourth-order valence-corrected chi connectivity index (χ4v) is 3.01. The quantitative estimate of drug-likeness (QED) is 0.853. The number of carbonyl (C=O) groups is 2. The molecule has 19 heavy (non-hydrogen) atoms. The lowest BCUT2D eigenvalue weighted by Crippen LogP contribution is -2.26. The van der Waals surface area contributed by atoms with Gasteiger partial charge in [0.25, 0.3) is 0 Å². The third-order valence-electron chi connectivity index (χ3n) is 2.88. The van der Waals surface area contributed by atoms with Crippen LogP contribution in [0.1, 0.15) is 13.3 Å². The number of halogens is 1. The molecule has 4 nitrogen and oxygen atoms in total. The van der Waals surface area contributed by atoms with Crippen molar-refractivity contribution in [3.8, 4) is 5.75 Å². The van der Waals surface area contributed by atoms with Gasteiger partial charge in [-0.25, -0.2) is 4.39 Å². The zero-order valence-electron chi connectivity index (χ0n) is 10.7. The number of anilines is 1. The van der Waals surface area contributed by atoms with Crippen LogP contribution >= 0.6 is 11.8 Å². The lowest BCUT2D eigenvalue weighted by atomic mass is 10.2. The number of benzene rings is 1. The van der Waals surface area contributed by atoms with Crippen molar-refractivity contribution in [3.05, 3.63) is 24.0 Å². The first-order valence-electron chi connectivity index (χ1n) is 5.83. The van der Waals surface area contributed by atoms with Crippen LogP contribution in [0.3, 0.4) is 0 Å². The van der Waals surface area contributed by atoms with Crippen LogP contribution in [0.2, 0.25) is 0 Å². The highest BCUT2D eigenvalue weighted by Crippen LogP contribution is 2.33. The standard InChI is InChI=1S/C13H14FNO3S/c1-8(16)19-9-6-12(17)15(7-9)10-4-3-5-11(18-2)13(10)14/h3-5,9H,6-7H2,1-2H3. The highest BCUT2D eigenvalue weighted by molar-refractivity contribution is 8.14. The largest absolute Gasteiger partial charge is 0.494 e. The number of nitrogens with zero attached hydrogens (tertiary/aromatic N) is 1. The molecular weight excluding hydrogens is 269 g/mol. The van der Waals surface area contributed by atoms with E-state index in [1.807, 2.05) is 0 Å². The van der Waals surface area contributed by atoms with Gasteiger partial charge in [0.05, 0.1) is 12.8 Å². The number of methoxy groups -OCH3 is 1. The Morgan fingerprint density at radius 3 is 2.89 bits per heavy atom. The Morgan fingerprint density at radius 1 is 1.53 bits per heavy atom. The molecule has 1 unspecified atom stereocenters. The Labute approximate surface area is 114 Å². The van der Waals surface area contributed by atoms with E-state index in [0.29, 0.717) is 6.54 Å². The summed E-state index contributed by atoms with van der Waals surface area (Å²) >= 11 is 1.12. The fourth-order valence-electron chi connectivity index (χ4n) is 2.09. The SMILES string of the molecule is COc1cccc(N2CC(SC(C)=O)CC2=O)c1F. The summed E-state index contributed by atoms with van der Waals surface area (Å²) in [5.74, 6) is -0.620. The van der Waals surface area contributed by atoms with Crippen molar-refractivity contribution >= 4 is 28.5 Å². The zero-order chi connectivity index (χ0) is 14.0. The average molecular weight is 283 g/mol. The molecule has 1 saturated heterocycles. The minimum Gasteiger partial charge on any atom is -0.494 e. The van der Waals surface area contributed by atoms with Crippen molar-refractivity contribution in [1.82, 2.24) is 0 Å². The highest BCUT2D eigenvalue weighted by atomic mass is 32.2. The van der Waals surface area contributed by atoms with Gasteiger partial charge in [0, 0.05) is 25.1 Å². The summed E-state index contributed by atoms with van der Waals surface area (Å²) in [5, 5.41) is -0.152. The van der Waals surface area contributed by atoms with E-state index in [1.54, 1.807) is 6.07 Å². The van der Waals surface area contributed by atoms with Gasteiger partial charge in [-0.3, -0.25) is 9.59 Å². The molecule has 0 radical (unpaired) electrons. The van der Waals surface area contributed by atoms with Crippen molar-refractivity contribution in [1.29, 1.82) is 0 Å². The first-order valence-corrected chi connectivity index (χ1v) is 6.71. The molecule has 102 valence electrons. The van der Waals surface area contributed by atoms with Gasteiger partial charge >= 0.3 is 0 Å². The Morgan fingerprint density at radius 2 is 2.26 bits per heavy atom. The van der Waals surface area contributed by atoms with Crippen molar-refractivity contribution in [2.75, 3.05) is 18.6 Å². The van der Waals surface area contributed by atoms with Crippen LogP contribution in [0, 0.1) is 5.82 Å². The maximum absolute atomic E-state index is 14.1. The van der Waals surface area contributed by atoms with Crippen molar-refractivity contribution in [2.45, 2.75) is 18.6 Å². The molecule has 2 rings (SSSR count). The van der Waals surface area contributed by atoms with Crippen LogP contribution in [0.15, 0.2) is 18.2 Å². The number of ether oxygens (including phenoxy) is 1. The van der Waals surface area contributed by atoms with Gasteiger partial charge in [-0.2, -0.15) is 0 Å². The molecule has 1 aromatic rings. The maximum Gasteiger partial charge on any atom is 0.228 e. The molecule has 0 spiro atoms. The van der Waals surface area contributed by atoms with Crippen LogP contribution in [0.5, 0.6) is 5.75 Å². The number of amides is 1. The van der Waals surface area contributed by atoms with Crippen molar-refractivity contribution < 1.29 is 18.7 Å². The molecule has 1 amide bonds. The molecule has 0 N–H and O–H groups in total. The van der Waals surface area contributed by atoms with Crippen LogP contribution < -0.4 is 9.64 Å². The average Bonchev–Trinajstić information content (AvgIpc) is 2.69. The first-order chi connectivity index (χ1) is 9.02. The second-order valence-corrected chi connectivity index (χ2v) is 5.71. The van der Waals surface area contributed by atoms with Gasteiger partial charge in [0.1, 0.15) is 0 Å². The molecule has 0 bridgehead atoms. The maximum atomic E-state index is 14.1. The van der Waals surface area contributed by atoms with Gasteiger partial charge in [-0.1, -0.05) is 17.8 Å². The minimum atomic E-state index is -0.549. The summed E-state index contributed by atoms with van der Waals surface area (Å²) in [5.41, 5.74) is 0.205. The van der Waals surface area contributed by atoms with Crippen LogP contribution in [0.25, 0.3) is 0 Å². The van der Waals surface area contributed by atoms with Crippen LogP contribution in [-0.2, 0) is 9.59 Å². The summed E-state index contributed by atoms with van der Waals surface area (Å²) in [6.07, 6.45) is 0.251. The number of hydrogen-bond acceptors (Lipinski definition) is 4.